The highest BCUT2D eigenvalue weighted by Crippen LogP contribution is 2.42. The van der Waals surface area contributed by atoms with Crippen LogP contribution >= 0.6 is 0 Å². The Morgan fingerprint density at radius 1 is 1.24 bits per heavy atom. The third kappa shape index (κ3) is 3.24. The van der Waals surface area contributed by atoms with Crippen LogP contribution in [0.1, 0.15) is 37.0 Å². The summed E-state index contributed by atoms with van der Waals surface area (Å²) in [6, 6.07) is 2.00. The van der Waals surface area contributed by atoms with Gasteiger partial charge < -0.3 is 25.0 Å². The van der Waals surface area contributed by atoms with E-state index >= 15 is 0 Å². The van der Waals surface area contributed by atoms with Crippen molar-refractivity contribution >= 4 is 29.6 Å². The van der Waals surface area contributed by atoms with Gasteiger partial charge in [0.15, 0.2) is 17.5 Å². The first-order valence-electron chi connectivity index (χ1n) is 12.3. The van der Waals surface area contributed by atoms with Crippen LogP contribution in [0.5, 0.6) is 11.5 Å². The molecule has 4 atom stereocenters. The van der Waals surface area contributed by atoms with E-state index in [0.29, 0.717) is 5.75 Å². The minimum atomic E-state index is -2.62. The summed E-state index contributed by atoms with van der Waals surface area (Å²) in [7, 11) is 0. The van der Waals surface area contributed by atoms with Gasteiger partial charge in [-0.15, -0.1) is 0 Å². The number of imide groups is 1. The molecule has 5 aliphatic heterocycles. The Bertz CT molecular complexity index is 1320. The van der Waals surface area contributed by atoms with Crippen molar-refractivity contribution in [1.29, 1.82) is 0 Å². The number of hydrogen-bond donors (Lipinski definition) is 8. The fraction of sp³-hybridized carbons (Fsp3) is 0.522. The summed E-state index contributed by atoms with van der Waals surface area (Å²) in [4.78, 5) is 42.0. The highest BCUT2D eigenvalue weighted by molar-refractivity contribution is 6.02. The third-order valence-corrected chi connectivity index (χ3v) is 7.72. The zero-order chi connectivity index (χ0) is 27.2. The van der Waals surface area contributed by atoms with Gasteiger partial charge in [-0.25, -0.2) is 9.89 Å². The minimum Gasteiger partial charge on any atom is -0.449 e. The van der Waals surface area contributed by atoms with Crippen molar-refractivity contribution in [2.24, 2.45) is 11.5 Å². The number of para-hydroxylation sites is 1. The molecular weight excluding hydrogens is 500 g/mol. The number of benzene rings is 1. The average Bonchev–Trinajstić information content (AvgIpc) is 3.52. The van der Waals surface area contributed by atoms with Crippen molar-refractivity contribution in [2.45, 2.75) is 62.1 Å². The first kappa shape index (κ1) is 24.2. The quantitative estimate of drug-likeness (QED) is 0.104. The summed E-state index contributed by atoms with van der Waals surface area (Å²) in [6.45, 7) is 3.24. The molecule has 3 amide bonds. The maximum atomic E-state index is 13.4. The molecule has 15 heteroatoms. The van der Waals surface area contributed by atoms with Gasteiger partial charge in [0.1, 0.15) is 12.1 Å². The van der Waals surface area contributed by atoms with E-state index in [1.165, 1.54) is 4.58 Å². The Kier molecular flexibility index (Phi) is 4.91. The first-order chi connectivity index (χ1) is 17.8. The van der Waals surface area contributed by atoms with Crippen molar-refractivity contribution in [2.75, 3.05) is 13.1 Å². The molecule has 6 rings (SSSR count). The van der Waals surface area contributed by atoms with Gasteiger partial charge >= 0.3 is 11.9 Å². The molecular formula is C23H30N8O7+2. The second kappa shape index (κ2) is 7.70. The highest BCUT2D eigenvalue weighted by Gasteiger charge is 2.78. The zero-order valence-corrected chi connectivity index (χ0v) is 20.8. The molecule has 2 unspecified atom stereocenters. The van der Waals surface area contributed by atoms with Gasteiger partial charge in [-0.05, 0) is 12.1 Å². The molecule has 0 aromatic heterocycles. The van der Waals surface area contributed by atoms with Crippen LogP contribution in [0.4, 0.5) is 0 Å². The standard InChI is InChI=1S/C23H28N8O7/c1-21(2)37-12-5-3-4-10(16(12)38-21)18(34)27-13-9-31-20(25)26-11(8-30-14(32)6-7-15(30)33)17-22(31,23(13,35)36)29-19(24)28-17/h3-5,11,13,17,35-36H,6-9H2,1-2H3,(H6,24,25,26,27,28,29,34)/p+2/t11-,13?,17-,22?/m0/s1. The van der Waals surface area contributed by atoms with Crippen LogP contribution in [0, 0.1) is 0 Å². The lowest BCUT2D eigenvalue weighted by Gasteiger charge is -2.41. The van der Waals surface area contributed by atoms with Crippen LogP contribution in [0.15, 0.2) is 18.2 Å². The average molecular weight is 531 g/mol. The molecule has 38 heavy (non-hydrogen) atoms. The molecule has 2 fully saturated rings. The van der Waals surface area contributed by atoms with Gasteiger partial charge in [-0.3, -0.25) is 41.1 Å². The fourth-order valence-corrected chi connectivity index (χ4v) is 6.06. The van der Waals surface area contributed by atoms with Crippen molar-refractivity contribution < 1.29 is 43.6 Å². The van der Waals surface area contributed by atoms with Gasteiger partial charge in [0.2, 0.25) is 17.6 Å². The Morgan fingerprint density at radius 3 is 2.66 bits per heavy atom. The number of hydrogen-bond acceptors (Lipinski definition) is 11. The number of nitrogens with one attached hydrogen (secondary N) is 4. The molecule has 15 nitrogen and oxygen atoms in total. The smallest absolute Gasteiger partial charge is 0.347 e. The molecule has 1 spiro atoms. The van der Waals surface area contributed by atoms with Crippen LogP contribution < -0.4 is 41.9 Å². The number of nitrogens with zero attached hydrogens (tertiary/aromatic N) is 2. The summed E-state index contributed by atoms with van der Waals surface area (Å²) < 4.78 is 13.0. The van der Waals surface area contributed by atoms with Crippen LogP contribution in [0.2, 0.25) is 0 Å². The van der Waals surface area contributed by atoms with Gasteiger partial charge in [0.05, 0.1) is 18.7 Å². The monoisotopic (exact) mass is 530 g/mol. The Labute approximate surface area is 216 Å². The molecule has 1 aromatic carbocycles. The lowest BCUT2D eigenvalue weighted by molar-refractivity contribution is -0.674. The minimum absolute atomic E-state index is 0.0358. The molecule has 0 saturated carbocycles. The number of carbonyl (C=O) groups is 3. The molecule has 0 aliphatic carbocycles. The number of guanidine groups is 2. The normalized spacial score (nSPS) is 31.9. The van der Waals surface area contributed by atoms with Crippen LogP contribution in [-0.2, 0) is 9.59 Å². The fourth-order valence-electron chi connectivity index (χ4n) is 6.06. The lowest BCUT2D eigenvalue weighted by atomic mass is 9.85. The molecule has 0 radical (unpaired) electrons. The van der Waals surface area contributed by atoms with E-state index < -0.39 is 41.3 Å². The van der Waals surface area contributed by atoms with Gasteiger partial charge in [-0.1, -0.05) is 6.07 Å². The van der Waals surface area contributed by atoms with Crippen LogP contribution in [0.25, 0.3) is 0 Å². The van der Waals surface area contributed by atoms with Crippen molar-refractivity contribution in [3.63, 3.8) is 0 Å². The zero-order valence-electron chi connectivity index (χ0n) is 20.8. The highest BCUT2D eigenvalue weighted by atomic mass is 16.7. The topological polar surface area (TPSA) is 218 Å². The molecule has 1 aromatic rings. The predicted molar refractivity (Wildman–Crippen MR) is 127 cm³/mol. The number of carbonyl (C=O) groups excluding carboxylic acids is 3. The Morgan fingerprint density at radius 2 is 1.95 bits per heavy atom. The van der Waals surface area contributed by atoms with Crippen molar-refractivity contribution in [1.82, 2.24) is 20.9 Å². The summed E-state index contributed by atoms with van der Waals surface area (Å²) in [5.74, 6) is -4.13. The molecule has 0 bridgehead atoms. The van der Waals surface area contributed by atoms with Gasteiger partial charge in [-0.2, -0.15) is 0 Å². The van der Waals surface area contributed by atoms with E-state index in [2.05, 4.69) is 20.9 Å². The van der Waals surface area contributed by atoms with Gasteiger partial charge in [0, 0.05) is 26.7 Å². The lowest BCUT2D eigenvalue weighted by Crippen LogP contribution is -2.92. The van der Waals surface area contributed by atoms with Gasteiger partial charge in [0.25, 0.3) is 17.4 Å². The molecule has 10 N–H and O–H groups in total. The van der Waals surface area contributed by atoms with E-state index in [1.54, 1.807) is 32.0 Å². The molecule has 5 aliphatic rings. The Hall–Kier alpha value is -4.11. The number of ether oxygens (including phenoxy) is 2. The maximum Gasteiger partial charge on any atom is 0.347 e. The summed E-state index contributed by atoms with van der Waals surface area (Å²) >= 11 is 0. The van der Waals surface area contributed by atoms with Crippen molar-refractivity contribution in [3.8, 4) is 11.5 Å². The van der Waals surface area contributed by atoms with E-state index in [0.717, 1.165) is 4.90 Å². The molecule has 202 valence electrons. The molecule has 2 saturated heterocycles. The van der Waals surface area contributed by atoms with Crippen LogP contribution in [-0.4, -0.2) is 97.8 Å². The Balaban J connectivity index is 1.31. The largest absolute Gasteiger partial charge is 0.449 e. The van der Waals surface area contributed by atoms with E-state index in [4.69, 9.17) is 20.9 Å². The molecule has 5 heterocycles. The second-order valence-corrected chi connectivity index (χ2v) is 10.6. The maximum absolute atomic E-state index is 13.4. The summed E-state index contributed by atoms with van der Waals surface area (Å²) in [5, 5.41) is 31.9. The number of aliphatic hydroxyl groups is 2. The first-order valence-corrected chi connectivity index (χ1v) is 12.3. The second-order valence-electron chi connectivity index (χ2n) is 10.6. The number of amides is 3. The van der Waals surface area contributed by atoms with E-state index in [9.17, 15) is 24.6 Å². The summed E-state index contributed by atoms with van der Waals surface area (Å²) in [6.07, 6.45) is 0.222. The number of rotatable bonds is 4. The third-order valence-electron chi connectivity index (χ3n) is 7.72. The van der Waals surface area contributed by atoms with E-state index in [-0.39, 0.29) is 61.0 Å². The van der Waals surface area contributed by atoms with E-state index in [1.807, 2.05) is 0 Å². The SMILES string of the molecule is CC1(C)Oc2cccc(C(=O)NC3C[N+]4=C(N)N[C@@H](CN5C(=O)CCC5=O)[C@@H]5[NH+]=C(N)NC54C3(O)O)c2O1. The van der Waals surface area contributed by atoms with Crippen molar-refractivity contribution in [3.05, 3.63) is 23.8 Å². The predicted octanol–water partition coefficient (Wildman–Crippen LogP) is -5.50. The van der Waals surface area contributed by atoms with Crippen LogP contribution in [0.3, 0.4) is 0 Å². The number of likely N-dealkylation sites (tertiary alicyclic amines) is 1. The number of nitrogens with two attached hydrogens (primary N) is 2. The summed E-state index contributed by atoms with van der Waals surface area (Å²) in [5.41, 5.74) is 10.8. The number of fused-ring (bicyclic) bond motifs is 1.